The van der Waals surface area contributed by atoms with Crippen molar-refractivity contribution >= 4 is 17.6 Å². The van der Waals surface area contributed by atoms with Gasteiger partial charge in [-0.05, 0) is 25.0 Å². The van der Waals surface area contributed by atoms with Crippen molar-refractivity contribution in [2.24, 2.45) is 0 Å². The zero-order valence-electron chi connectivity index (χ0n) is 14.5. The Hall–Kier alpha value is -1.88. The largest absolute Gasteiger partial charge is 0.459 e. The van der Waals surface area contributed by atoms with Crippen LogP contribution in [0.4, 0.5) is 0 Å². The average molecular weight is 363 g/mol. The molecule has 2 aromatic rings. The summed E-state index contributed by atoms with van der Waals surface area (Å²) in [6.07, 6.45) is -0.0247. The monoisotopic (exact) mass is 362 g/mol. The van der Waals surface area contributed by atoms with Crippen molar-refractivity contribution in [3.63, 3.8) is 0 Å². The summed E-state index contributed by atoms with van der Waals surface area (Å²) < 4.78 is 16.3. The molecule has 0 spiro atoms. The number of carbonyl (C=O) groups is 1. The van der Waals surface area contributed by atoms with Crippen LogP contribution in [0.2, 0.25) is 5.02 Å². The molecule has 0 heterocycles. The van der Waals surface area contributed by atoms with Crippen LogP contribution in [0.25, 0.3) is 0 Å². The SMILES string of the molecule is COCO[C@@H](c1ccccc1Cl)[C@H](C)OC(=O)CCc1ccccc1. The van der Waals surface area contributed by atoms with Gasteiger partial charge in [0.25, 0.3) is 0 Å². The number of carbonyl (C=O) groups excluding carboxylic acids is 1. The van der Waals surface area contributed by atoms with Crippen molar-refractivity contribution in [2.75, 3.05) is 13.9 Å². The average Bonchev–Trinajstić information content (AvgIpc) is 2.62. The molecule has 25 heavy (non-hydrogen) atoms. The lowest BCUT2D eigenvalue weighted by Crippen LogP contribution is -2.26. The summed E-state index contributed by atoms with van der Waals surface area (Å²) in [5, 5.41) is 0.566. The van der Waals surface area contributed by atoms with E-state index in [0.717, 1.165) is 11.1 Å². The van der Waals surface area contributed by atoms with Crippen LogP contribution in [-0.2, 0) is 25.4 Å². The van der Waals surface area contributed by atoms with Gasteiger partial charge in [-0.25, -0.2) is 0 Å². The van der Waals surface area contributed by atoms with Gasteiger partial charge in [0.15, 0.2) is 0 Å². The molecule has 0 bridgehead atoms. The van der Waals surface area contributed by atoms with Crippen molar-refractivity contribution in [3.8, 4) is 0 Å². The summed E-state index contributed by atoms with van der Waals surface area (Å²) in [7, 11) is 1.54. The lowest BCUT2D eigenvalue weighted by Gasteiger charge is -2.25. The fourth-order valence-corrected chi connectivity index (χ4v) is 2.79. The molecule has 0 unspecified atom stereocenters. The maximum absolute atomic E-state index is 12.2. The summed E-state index contributed by atoms with van der Waals surface area (Å²) in [6, 6.07) is 17.2. The van der Waals surface area contributed by atoms with Crippen LogP contribution >= 0.6 is 11.6 Å². The van der Waals surface area contributed by atoms with Crippen LogP contribution in [0, 0.1) is 0 Å². The van der Waals surface area contributed by atoms with Crippen LogP contribution in [-0.4, -0.2) is 26.0 Å². The number of hydrogen-bond acceptors (Lipinski definition) is 4. The second-order valence-electron chi connectivity index (χ2n) is 5.70. The van der Waals surface area contributed by atoms with Crippen LogP contribution in [0.3, 0.4) is 0 Å². The molecule has 134 valence electrons. The van der Waals surface area contributed by atoms with E-state index in [0.29, 0.717) is 17.9 Å². The Morgan fingerprint density at radius 1 is 1.08 bits per heavy atom. The molecule has 0 saturated carbocycles. The van der Waals surface area contributed by atoms with E-state index in [1.54, 1.807) is 20.1 Å². The topological polar surface area (TPSA) is 44.8 Å². The fraction of sp³-hybridized carbons (Fsp3) is 0.350. The maximum atomic E-state index is 12.2. The summed E-state index contributed by atoms with van der Waals surface area (Å²) >= 11 is 6.26. The number of ether oxygens (including phenoxy) is 3. The predicted molar refractivity (Wildman–Crippen MR) is 97.5 cm³/mol. The second-order valence-corrected chi connectivity index (χ2v) is 6.10. The molecule has 0 aliphatic heterocycles. The first-order valence-electron chi connectivity index (χ1n) is 8.20. The quantitative estimate of drug-likeness (QED) is 0.484. The van der Waals surface area contributed by atoms with Crippen LogP contribution in [0.5, 0.6) is 0 Å². The zero-order chi connectivity index (χ0) is 18.1. The van der Waals surface area contributed by atoms with E-state index in [4.69, 9.17) is 25.8 Å². The third-order valence-electron chi connectivity index (χ3n) is 3.78. The van der Waals surface area contributed by atoms with Gasteiger partial charge < -0.3 is 14.2 Å². The molecule has 5 heteroatoms. The molecule has 0 aliphatic rings. The van der Waals surface area contributed by atoms with Crippen molar-refractivity contribution in [1.82, 2.24) is 0 Å². The van der Waals surface area contributed by atoms with E-state index in [1.807, 2.05) is 48.5 Å². The van der Waals surface area contributed by atoms with Gasteiger partial charge in [-0.15, -0.1) is 0 Å². The normalized spacial score (nSPS) is 13.2. The number of benzene rings is 2. The first-order chi connectivity index (χ1) is 12.1. The molecule has 2 atom stereocenters. The van der Waals surface area contributed by atoms with E-state index in [1.165, 1.54) is 0 Å². The van der Waals surface area contributed by atoms with E-state index in [2.05, 4.69) is 0 Å². The molecule has 0 aliphatic carbocycles. The Kier molecular flexibility index (Phi) is 7.92. The smallest absolute Gasteiger partial charge is 0.306 e. The number of esters is 1. The zero-order valence-corrected chi connectivity index (χ0v) is 15.2. The van der Waals surface area contributed by atoms with Crippen LogP contribution in [0.1, 0.15) is 30.6 Å². The number of methoxy groups -OCH3 is 1. The summed E-state index contributed by atoms with van der Waals surface area (Å²) in [5.41, 5.74) is 1.87. The van der Waals surface area contributed by atoms with Gasteiger partial charge in [0.05, 0.1) is 0 Å². The molecule has 0 radical (unpaired) electrons. The summed E-state index contributed by atoms with van der Waals surface area (Å²) in [6.45, 7) is 1.88. The Labute approximate surface area is 153 Å². The van der Waals surface area contributed by atoms with E-state index < -0.39 is 12.2 Å². The lowest BCUT2D eigenvalue weighted by atomic mass is 10.0. The molecule has 0 fully saturated rings. The number of rotatable bonds is 9. The number of halogens is 1. The molecule has 0 N–H and O–H groups in total. The van der Waals surface area contributed by atoms with Gasteiger partial charge in [0.1, 0.15) is 19.0 Å². The Morgan fingerprint density at radius 3 is 2.44 bits per heavy atom. The highest BCUT2D eigenvalue weighted by Crippen LogP contribution is 2.29. The van der Waals surface area contributed by atoms with E-state index in [9.17, 15) is 4.79 Å². The van der Waals surface area contributed by atoms with Gasteiger partial charge in [0.2, 0.25) is 0 Å². The standard InChI is InChI=1S/C20H23ClO4/c1-15(25-19(22)13-12-16-8-4-3-5-9-16)20(24-14-23-2)17-10-6-7-11-18(17)21/h3-11,15,20H,12-14H2,1-2H3/t15-,20+/m0/s1. The third kappa shape index (κ3) is 6.16. The minimum absolute atomic E-state index is 0.0851. The number of hydrogen-bond donors (Lipinski definition) is 0. The van der Waals surface area contributed by atoms with Crippen molar-refractivity contribution in [1.29, 1.82) is 0 Å². The Bertz CT molecular complexity index is 660. The highest BCUT2D eigenvalue weighted by atomic mass is 35.5. The molecule has 0 aromatic heterocycles. The molecule has 4 nitrogen and oxygen atoms in total. The van der Waals surface area contributed by atoms with Gasteiger partial charge in [-0.3, -0.25) is 4.79 Å². The van der Waals surface area contributed by atoms with Gasteiger partial charge in [-0.2, -0.15) is 0 Å². The molecule has 2 aromatic carbocycles. The van der Waals surface area contributed by atoms with E-state index >= 15 is 0 Å². The van der Waals surface area contributed by atoms with Gasteiger partial charge in [-0.1, -0.05) is 60.1 Å². The predicted octanol–water partition coefficient (Wildman–Crippen LogP) is 4.57. The lowest BCUT2D eigenvalue weighted by molar-refractivity contribution is -0.164. The molecule has 0 saturated heterocycles. The maximum Gasteiger partial charge on any atom is 0.306 e. The number of aryl methyl sites for hydroxylation is 1. The van der Waals surface area contributed by atoms with Crippen LogP contribution < -0.4 is 0 Å². The van der Waals surface area contributed by atoms with Crippen LogP contribution in [0.15, 0.2) is 54.6 Å². The van der Waals surface area contributed by atoms with Gasteiger partial charge in [0, 0.05) is 24.1 Å². The summed E-state index contributed by atoms with van der Waals surface area (Å²) in [5.74, 6) is -0.269. The molecular formula is C20H23ClO4. The summed E-state index contributed by atoms with van der Waals surface area (Å²) in [4.78, 5) is 12.2. The molecule has 2 rings (SSSR count). The minimum atomic E-state index is -0.491. The highest BCUT2D eigenvalue weighted by Gasteiger charge is 2.25. The minimum Gasteiger partial charge on any atom is -0.459 e. The first-order valence-corrected chi connectivity index (χ1v) is 8.58. The molecular weight excluding hydrogens is 340 g/mol. The Morgan fingerprint density at radius 2 is 1.76 bits per heavy atom. The fourth-order valence-electron chi connectivity index (χ4n) is 2.54. The highest BCUT2D eigenvalue weighted by molar-refractivity contribution is 6.31. The first kappa shape index (κ1) is 19.4. The van der Waals surface area contributed by atoms with E-state index in [-0.39, 0.29) is 12.8 Å². The van der Waals surface area contributed by atoms with Crippen molar-refractivity contribution in [2.45, 2.75) is 32.0 Å². The third-order valence-corrected chi connectivity index (χ3v) is 4.13. The Balaban J connectivity index is 1.97. The van der Waals surface area contributed by atoms with Gasteiger partial charge >= 0.3 is 5.97 Å². The second kappa shape index (κ2) is 10.2. The van der Waals surface area contributed by atoms with Crippen molar-refractivity contribution < 1.29 is 19.0 Å². The molecule has 0 amide bonds. The van der Waals surface area contributed by atoms with Crippen molar-refractivity contribution in [3.05, 3.63) is 70.7 Å².